The van der Waals surface area contributed by atoms with Gasteiger partial charge in [-0.2, -0.15) is 0 Å². The number of allylic oxidation sites excluding steroid dienone is 7. The molecule has 0 spiro atoms. The SMILES string of the molecule is CCCCCC/C=C/C(O)C(COP(=O)([O-])OCC[N+](C)(C)C)NC(=O)CCCCCCCCCCCCCCCCCCCCCCCCCC/C=C\C/C=C\C/C=C\CCCCCCC. The molecule has 0 aromatic heterocycles. The summed E-state index contributed by atoms with van der Waals surface area (Å²) in [7, 11) is 1.26. The van der Waals surface area contributed by atoms with Crippen LogP contribution in [-0.2, 0) is 18.4 Å². The molecule has 3 unspecified atom stereocenters. The first-order chi connectivity index (χ1) is 32.5. The molecular weight excluding hydrogens is 852 g/mol. The highest BCUT2D eigenvalue weighted by Crippen LogP contribution is 2.38. The van der Waals surface area contributed by atoms with E-state index in [4.69, 9.17) is 9.05 Å². The number of nitrogens with one attached hydrogen (secondary N) is 1. The number of rotatable bonds is 52. The molecule has 2 N–H and O–H groups in total. The molecule has 0 radical (unpaired) electrons. The largest absolute Gasteiger partial charge is 0.756 e. The van der Waals surface area contributed by atoms with Crippen LogP contribution in [0.2, 0.25) is 0 Å². The second kappa shape index (κ2) is 49.4. The van der Waals surface area contributed by atoms with E-state index in [-0.39, 0.29) is 19.1 Å². The molecule has 0 aliphatic rings. The van der Waals surface area contributed by atoms with Crippen LogP contribution in [0.4, 0.5) is 0 Å². The molecule has 8 nitrogen and oxygen atoms in total. The molecule has 0 aromatic carbocycles. The van der Waals surface area contributed by atoms with Gasteiger partial charge in [0.25, 0.3) is 7.82 Å². The van der Waals surface area contributed by atoms with Gasteiger partial charge in [-0.1, -0.05) is 249 Å². The number of hydrogen-bond acceptors (Lipinski definition) is 6. The summed E-state index contributed by atoms with van der Waals surface area (Å²) in [6.07, 6.45) is 65.4. The van der Waals surface area contributed by atoms with Crippen LogP contribution in [0.3, 0.4) is 0 Å². The molecule has 0 saturated heterocycles. The summed E-state index contributed by atoms with van der Waals surface area (Å²) in [4.78, 5) is 25.2. The average molecular weight is 964 g/mol. The van der Waals surface area contributed by atoms with Crippen molar-refractivity contribution in [2.75, 3.05) is 40.9 Å². The van der Waals surface area contributed by atoms with Crippen molar-refractivity contribution in [3.05, 3.63) is 48.6 Å². The lowest BCUT2D eigenvalue weighted by Gasteiger charge is -2.29. The summed E-state index contributed by atoms with van der Waals surface area (Å²) < 4.78 is 23.1. The number of likely N-dealkylation sites (N-methyl/N-ethyl adjacent to an activating group) is 1. The number of phosphoric acid groups is 1. The van der Waals surface area contributed by atoms with Gasteiger partial charge in [0.1, 0.15) is 13.2 Å². The zero-order valence-electron chi connectivity index (χ0n) is 44.9. The molecule has 0 aromatic rings. The van der Waals surface area contributed by atoms with Crippen LogP contribution in [0.1, 0.15) is 264 Å². The third kappa shape index (κ3) is 52.1. The predicted molar refractivity (Wildman–Crippen MR) is 288 cm³/mol. The molecule has 0 heterocycles. The number of unbranched alkanes of at least 4 members (excludes halogenated alkanes) is 33. The summed E-state index contributed by atoms with van der Waals surface area (Å²) in [5.41, 5.74) is 0. The molecule has 0 aliphatic carbocycles. The van der Waals surface area contributed by atoms with Crippen LogP contribution in [0, 0.1) is 0 Å². The van der Waals surface area contributed by atoms with Gasteiger partial charge in [-0.25, -0.2) is 0 Å². The summed E-state index contributed by atoms with van der Waals surface area (Å²) >= 11 is 0. The van der Waals surface area contributed by atoms with E-state index in [1.165, 1.54) is 186 Å². The Hall–Kier alpha value is -1.54. The molecule has 0 rings (SSSR count). The van der Waals surface area contributed by atoms with Crippen LogP contribution in [-0.4, -0.2) is 68.5 Å². The Morgan fingerprint density at radius 2 is 0.866 bits per heavy atom. The van der Waals surface area contributed by atoms with Crippen molar-refractivity contribution < 1.29 is 32.9 Å². The number of hydrogen-bond donors (Lipinski definition) is 2. The van der Waals surface area contributed by atoms with E-state index < -0.39 is 20.0 Å². The van der Waals surface area contributed by atoms with Gasteiger partial charge in [-0.15, -0.1) is 0 Å². The average Bonchev–Trinajstić information content (AvgIpc) is 3.29. The Kier molecular flexibility index (Phi) is 48.3. The topological polar surface area (TPSA) is 108 Å². The summed E-state index contributed by atoms with van der Waals surface area (Å²) in [6.45, 7) is 4.56. The van der Waals surface area contributed by atoms with Crippen molar-refractivity contribution in [2.24, 2.45) is 0 Å². The van der Waals surface area contributed by atoms with Crippen LogP contribution >= 0.6 is 7.82 Å². The number of aliphatic hydroxyl groups is 1. The second-order valence-corrected chi connectivity index (χ2v) is 22.1. The maximum Gasteiger partial charge on any atom is 0.268 e. The van der Waals surface area contributed by atoms with Crippen molar-refractivity contribution >= 4 is 13.7 Å². The third-order valence-corrected chi connectivity index (χ3v) is 13.7. The van der Waals surface area contributed by atoms with Crippen molar-refractivity contribution in [3.8, 4) is 0 Å². The lowest BCUT2D eigenvalue weighted by molar-refractivity contribution is -0.870. The van der Waals surface area contributed by atoms with Gasteiger partial charge in [0.15, 0.2) is 0 Å². The zero-order chi connectivity index (χ0) is 49.2. The fourth-order valence-electron chi connectivity index (χ4n) is 8.28. The minimum Gasteiger partial charge on any atom is -0.756 e. The van der Waals surface area contributed by atoms with E-state index in [0.29, 0.717) is 17.4 Å². The number of aliphatic hydroxyl groups excluding tert-OH is 1. The van der Waals surface area contributed by atoms with Gasteiger partial charge in [0.05, 0.1) is 39.9 Å². The number of phosphoric ester groups is 1. The fraction of sp³-hybridized carbons (Fsp3) is 0.845. The molecule has 3 atom stereocenters. The van der Waals surface area contributed by atoms with Crippen molar-refractivity contribution in [3.63, 3.8) is 0 Å². The quantitative estimate of drug-likeness (QED) is 0.0272. The monoisotopic (exact) mass is 963 g/mol. The Bertz CT molecular complexity index is 1230. The van der Waals surface area contributed by atoms with Crippen LogP contribution in [0.5, 0.6) is 0 Å². The van der Waals surface area contributed by atoms with Crippen LogP contribution < -0.4 is 10.2 Å². The predicted octanol–water partition coefficient (Wildman–Crippen LogP) is 16.5. The highest BCUT2D eigenvalue weighted by atomic mass is 31.2. The number of quaternary nitrogens is 1. The maximum atomic E-state index is 12.8. The Morgan fingerprint density at radius 3 is 1.27 bits per heavy atom. The molecule has 394 valence electrons. The van der Waals surface area contributed by atoms with Crippen molar-refractivity contribution in [1.82, 2.24) is 5.32 Å². The Morgan fingerprint density at radius 1 is 0.522 bits per heavy atom. The van der Waals surface area contributed by atoms with E-state index in [1.807, 2.05) is 27.2 Å². The number of nitrogens with zero attached hydrogens (tertiary/aromatic N) is 1. The third-order valence-electron chi connectivity index (χ3n) is 12.8. The summed E-state index contributed by atoms with van der Waals surface area (Å²) in [5.74, 6) is -0.200. The second-order valence-electron chi connectivity index (χ2n) is 20.6. The molecule has 1 amide bonds. The molecule has 67 heavy (non-hydrogen) atoms. The molecule has 0 bridgehead atoms. The van der Waals surface area contributed by atoms with E-state index in [2.05, 4.69) is 55.6 Å². The van der Waals surface area contributed by atoms with Crippen molar-refractivity contribution in [1.29, 1.82) is 0 Å². The highest BCUT2D eigenvalue weighted by molar-refractivity contribution is 7.45. The van der Waals surface area contributed by atoms with Gasteiger partial charge in [-0.05, 0) is 57.8 Å². The molecule has 0 fully saturated rings. The standard InChI is InChI=1S/C58H111N2O6P/c1-6-8-10-12-14-15-16-17-18-19-20-21-22-23-24-25-26-27-28-29-30-31-32-33-34-35-36-37-38-39-40-41-42-43-44-45-46-48-50-52-58(62)59-56(57(61)51-49-47-13-11-9-7-2)55-66-67(63,64)65-54-53-60(3,4)5/h16-17,19-20,22-23,49,51,56-57,61H,6-15,18,21,24-48,50,52-55H2,1-5H3,(H-,59,62,63,64)/b17-16-,20-19-,23-22-,51-49+. The molecule has 0 saturated carbocycles. The summed E-state index contributed by atoms with van der Waals surface area (Å²) in [5, 5.41) is 13.7. The number of carbonyl (C=O) groups excluding carboxylic acids is 1. The number of amides is 1. The lowest BCUT2D eigenvalue weighted by Crippen LogP contribution is -2.45. The smallest absolute Gasteiger partial charge is 0.268 e. The molecular formula is C58H111N2O6P. The maximum absolute atomic E-state index is 12.8. The van der Waals surface area contributed by atoms with E-state index >= 15 is 0 Å². The van der Waals surface area contributed by atoms with E-state index in [0.717, 1.165) is 57.8 Å². The van der Waals surface area contributed by atoms with E-state index in [9.17, 15) is 19.4 Å². The summed E-state index contributed by atoms with van der Waals surface area (Å²) in [6, 6.07) is -0.881. The van der Waals surface area contributed by atoms with Crippen LogP contribution in [0.15, 0.2) is 48.6 Å². The first-order valence-corrected chi connectivity index (χ1v) is 30.0. The van der Waals surface area contributed by atoms with Gasteiger partial charge in [0.2, 0.25) is 5.91 Å². The number of carbonyl (C=O) groups is 1. The van der Waals surface area contributed by atoms with Gasteiger partial charge in [0, 0.05) is 6.42 Å². The van der Waals surface area contributed by atoms with E-state index in [1.54, 1.807) is 6.08 Å². The molecule has 9 heteroatoms. The van der Waals surface area contributed by atoms with Gasteiger partial charge in [-0.3, -0.25) is 9.36 Å². The normalized spacial score (nSPS) is 14.3. The van der Waals surface area contributed by atoms with Gasteiger partial charge < -0.3 is 28.8 Å². The minimum absolute atomic E-state index is 0.000750. The first-order valence-electron chi connectivity index (χ1n) is 28.5. The Balaban J connectivity index is 3.72. The molecule has 0 aliphatic heterocycles. The minimum atomic E-state index is -4.58. The fourth-order valence-corrected chi connectivity index (χ4v) is 9.00. The van der Waals surface area contributed by atoms with Crippen molar-refractivity contribution in [2.45, 2.75) is 276 Å². The zero-order valence-corrected chi connectivity index (χ0v) is 45.7. The Labute approximate surface area is 416 Å². The lowest BCUT2D eigenvalue weighted by atomic mass is 10.0. The van der Waals surface area contributed by atoms with Gasteiger partial charge >= 0.3 is 0 Å². The van der Waals surface area contributed by atoms with Crippen LogP contribution in [0.25, 0.3) is 0 Å². The first kappa shape index (κ1) is 65.5. The highest BCUT2D eigenvalue weighted by Gasteiger charge is 2.23.